The summed E-state index contributed by atoms with van der Waals surface area (Å²) in [5.74, 6) is -0.335. The van der Waals surface area contributed by atoms with Crippen molar-refractivity contribution in [2.45, 2.75) is 26.4 Å². The van der Waals surface area contributed by atoms with Gasteiger partial charge < -0.3 is 9.84 Å². The van der Waals surface area contributed by atoms with E-state index in [9.17, 15) is 18.3 Å². The zero-order chi connectivity index (χ0) is 18.2. The first-order valence-electron chi connectivity index (χ1n) is 7.38. The van der Waals surface area contributed by atoms with Crippen molar-refractivity contribution in [3.8, 4) is 5.75 Å². The van der Waals surface area contributed by atoms with Gasteiger partial charge in [-0.15, -0.1) is 13.2 Å². The van der Waals surface area contributed by atoms with E-state index in [1.54, 1.807) is 16.8 Å². The lowest BCUT2D eigenvalue weighted by Gasteiger charge is -2.10. The molecular formula is C17H14ClF3N2O2. The van der Waals surface area contributed by atoms with E-state index >= 15 is 0 Å². The highest BCUT2D eigenvalue weighted by Crippen LogP contribution is 2.29. The molecule has 1 aromatic heterocycles. The van der Waals surface area contributed by atoms with Crippen molar-refractivity contribution in [3.63, 3.8) is 0 Å². The highest BCUT2D eigenvalue weighted by atomic mass is 35.5. The molecule has 0 aliphatic rings. The van der Waals surface area contributed by atoms with Gasteiger partial charge in [-0.2, -0.15) is 5.10 Å². The summed E-state index contributed by atoms with van der Waals surface area (Å²) in [5.41, 5.74) is 2.69. The van der Waals surface area contributed by atoms with Crippen molar-refractivity contribution < 1.29 is 23.0 Å². The second kappa shape index (κ2) is 6.57. The molecule has 0 radical (unpaired) electrons. The molecule has 2 aromatic carbocycles. The van der Waals surface area contributed by atoms with E-state index in [2.05, 4.69) is 9.84 Å². The Bertz CT molecular complexity index is 922. The highest BCUT2D eigenvalue weighted by molar-refractivity contribution is 6.30. The van der Waals surface area contributed by atoms with Gasteiger partial charge in [0.25, 0.3) is 0 Å². The van der Waals surface area contributed by atoms with Gasteiger partial charge >= 0.3 is 6.36 Å². The Labute approximate surface area is 146 Å². The van der Waals surface area contributed by atoms with Crippen LogP contribution in [0.15, 0.2) is 36.4 Å². The van der Waals surface area contributed by atoms with E-state index < -0.39 is 6.36 Å². The smallest absolute Gasteiger partial charge is 0.406 e. The summed E-state index contributed by atoms with van der Waals surface area (Å²) in [5, 5.41) is 14.9. The summed E-state index contributed by atoms with van der Waals surface area (Å²) >= 11 is 5.95. The van der Waals surface area contributed by atoms with Crippen LogP contribution in [0.2, 0.25) is 5.02 Å². The monoisotopic (exact) mass is 370 g/mol. The second-order valence-corrected chi connectivity index (χ2v) is 6.00. The fraction of sp³-hybridized carbons (Fsp3) is 0.235. The summed E-state index contributed by atoms with van der Waals surface area (Å²) in [6.07, 6.45) is -4.77. The fourth-order valence-corrected chi connectivity index (χ4v) is 2.88. The van der Waals surface area contributed by atoms with Crippen LogP contribution in [0.3, 0.4) is 0 Å². The van der Waals surface area contributed by atoms with Gasteiger partial charge in [0.2, 0.25) is 0 Å². The molecule has 3 rings (SSSR count). The van der Waals surface area contributed by atoms with Gasteiger partial charge in [-0.1, -0.05) is 17.7 Å². The average Bonchev–Trinajstić information content (AvgIpc) is 2.86. The molecule has 4 nitrogen and oxygen atoms in total. The van der Waals surface area contributed by atoms with E-state index in [1.807, 2.05) is 13.0 Å². The minimum Gasteiger partial charge on any atom is -0.406 e. The summed E-state index contributed by atoms with van der Waals surface area (Å²) < 4.78 is 42.9. The van der Waals surface area contributed by atoms with E-state index in [0.29, 0.717) is 28.2 Å². The topological polar surface area (TPSA) is 47.3 Å². The number of hydrogen-bond acceptors (Lipinski definition) is 3. The van der Waals surface area contributed by atoms with Crippen LogP contribution in [0.4, 0.5) is 13.2 Å². The quantitative estimate of drug-likeness (QED) is 0.738. The maximum absolute atomic E-state index is 12.5. The lowest BCUT2D eigenvalue weighted by molar-refractivity contribution is -0.274. The molecule has 1 heterocycles. The number of alkyl halides is 3. The summed E-state index contributed by atoms with van der Waals surface area (Å²) in [4.78, 5) is 0. The van der Waals surface area contributed by atoms with Crippen molar-refractivity contribution in [1.82, 2.24) is 9.78 Å². The third-order valence-corrected chi connectivity index (χ3v) is 4.04. The number of ether oxygens (including phenoxy) is 1. The molecule has 0 fully saturated rings. The molecule has 8 heteroatoms. The van der Waals surface area contributed by atoms with Crippen LogP contribution in [0.1, 0.15) is 16.8 Å². The van der Waals surface area contributed by atoms with Crippen LogP contribution in [0, 0.1) is 6.92 Å². The molecule has 0 bridgehead atoms. The van der Waals surface area contributed by atoms with E-state index in [1.165, 1.54) is 18.2 Å². The normalized spacial score (nSPS) is 11.9. The van der Waals surface area contributed by atoms with Gasteiger partial charge in [0.15, 0.2) is 0 Å². The standard InChI is InChI=1S/C17H14ClF3N2O2/c1-10-6-12(18)3-2-11(10)8-23-16-7-13(25-17(19,20)21)4-5-14(16)15(9-24)22-23/h2-7,24H,8-9H2,1H3. The second-order valence-electron chi connectivity index (χ2n) is 5.56. The van der Waals surface area contributed by atoms with E-state index in [0.717, 1.165) is 11.1 Å². The van der Waals surface area contributed by atoms with Crippen LogP contribution in [0.25, 0.3) is 10.9 Å². The number of rotatable bonds is 4. The minimum absolute atomic E-state index is 0.317. The molecule has 132 valence electrons. The van der Waals surface area contributed by atoms with Crippen molar-refractivity contribution in [2.24, 2.45) is 0 Å². The number of aliphatic hydroxyl groups excluding tert-OH is 1. The molecule has 0 saturated heterocycles. The lowest BCUT2D eigenvalue weighted by Crippen LogP contribution is -2.17. The van der Waals surface area contributed by atoms with Crippen LogP contribution in [0.5, 0.6) is 5.75 Å². The highest BCUT2D eigenvalue weighted by Gasteiger charge is 2.31. The number of aromatic nitrogens is 2. The Morgan fingerprint density at radius 2 is 1.96 bits per heavy atom. The molecule has 0 atom stereocenters. The number of fused-ring (bicyclic) bond motifs is 1. The number of nitrogens with zero attached hydrogens (tertiary/aromatic N) is 2. The zero-order valence-electron chi connectivity index (χ0n) is 13.1. The van der Waals surface area contributed by atoms with Crippen molar-refractivity contribution in [1.29, 1.82) is 0 Å². The van der Waals surface area contributed by atoms with Crippen molar-refractivity contribution in [3.05, 3.63) is 58.2 Å². The Kier molecular flexibility index (Phi) is 4.62. The van der Waals surface area contributed by atoms with Crippen LogP contribution in [-0.2, 0) is 13.2 Å². The van der Waals surface area contributed by atoms with Crippen molar-refractivity contribution in [2.75, 3.05) is 0 Å². The number of hydrogen-bond donors (Lipinski definition) is 1. The zero-order valence-corrected chi connectivity index (χ0v) is 13.9. The summed E-state index contributed by atoms with van der Waals surface area (Å²) in [6.45, 7) is 1.90. The Morgan fingerprint density at radius 1 is 1.20 bits per heavy atom. The van der Waals surface area contributed by atoms with Gasteiger partial charge in [-0.3, -0.25) is 4.68 Å². The van der Waals surface area contributed by atoms with Gasteiger partial charge in [0, 0.05) is 16.5 Å². The fourth-order valence-electron chi connectivity index (χ4n) is 2.65. The maximum Gasteiger partial charge on any atom is 0.573 e. The molecule has 0 spiro atoms. The average molecular weight is 371 g/mol. The molecule has 25 heavy (non-hydrogen) atoms. The molecule has 0 saturated carbocycles. The van der Waals surface area contributed by atoms with Crippen LogP contribution in [-0.4, -0.2) is 21.2 Å². The maximum atomic E-state index is 12.5. The molecule has 0 aliphatic heterocycles. The third-order valence-electron chi connectivity index (χ3n) is 3.81. The molecule has 1 N–H and O–H groups in total. The lowest BCUT2D eigenvalue weighted by atomic mass is 10.1. The molecule has 0 amide bonds. The SMILES string of the molecule is Cc1cc(Cl)ccc1Cn1nc(CO)c2ccc(OC(F)(F)F)cc21. The Hall–Kier alpha value is -2.25. The number of aliphatic hydroxyl groups is 1. The van der Waals surface area contributed by atoms with Gasteiger partial charge in [-0.05, 0) is 42.3 Å². The largest absolute Gasteiger partial charge is 0.573 e. The third kappa shape index (κ3) is 3.88. The van der Waals surface area contributed by atoms with Crippen LogP contribution >= 0.6 is 11.6 Å². The molecule has 0 unspecified atom stereocenters. The van der Waals surface area contributed by atoms with Gasteiger partial charge in [0.1, 0.15) is 5.75 Å². The number of aryl methyl sites for hydroxylation is 1. The predicted octanol–water partition coefficient (Wildman–Crippen LogP) is 4.44. The van der Waals surface area contributed by atoms with E-state index in [4.69, 9.17) is 11.6 Å². The first-order valence-corrected chi connectivity index (χ1v) is 7.75. The molecule has 3 aromatic rings. The van der Waals surface area contributed by atoms with Crippen LogP contribution < -0.4 is 4.74 Å². The predicted molar refractivity (Wildman–Crippen MR) is 87.6 cm³/mol. The van der Waals surface area contributed by atoms with E-state index in [-0.39, 0.29) is 12.4 Å². The first kappa shape index (κ1) is 17.6. The van der Waals surface area contributed by atoms with Crippen molar-refractivity contribution >= 4 is 22.5 Å². The summed E-state index contributed by atoms with van der Waals surface area (Å²) in [6, 6.07) is 9.29. The first-order chi connectivity index (χ1) is 11.8. The Balaban J connectivity index is 2.05. The minimum atomic E-state index is -4.77. The van der Waals surface area contributed by atoms with Gasteiger partial charge in [-0.25, -0.2) is 0 Å². The summed E-state index contributed by atoms with van der Waals surface area (Å²) in [7, 11) is 0. The number of benzene rings is 2. The molecule has 0 aliphatic carbocycles. The van der Waals surface area contributed by atoms with Gasteiger partial charge in [0.05, 0.1) is 24.4 Å². The molecular weight excluding hydrogens is 357 g/mol. The number of halogens is 4. The Morgan fingerprint density at radius 3 is 2.60 bits per heavy atom.